The zero-order valence-corrected chi connectivity index (χ0v) is 14.0. The average Bonchev–Trinajstić information content (AvgIpc) is 2.70. The van der Waals surface area contributed by atoms with Crippen LogP contribution < -0.4 is 10.9 Å². The molecule has 132 valence electrons. The van der Waals surface area contributed by atoms with E-state index in [1.807, 2.05) is 6.07 Å². The van der Waals surface area contributed by atoms with Gasteiger partial charge in [0, 0.05) is 24.3 Å². The maximum absolute atomic E-state index is 13.1. The lowest BCUT2D eigenvalue weighted by Crippen LogP contribution is -2.29. The van der Waals surface area contributed by atoms with E-state index in [2.05, 4.69) is 15.3 Å². The van der Waals surface area contributed by atoms with Crippen LogP contribution >= 0.6 is 0 Å². The molecule has 0 fully saturated rings. The van der Waals surface area contributed by atoms with Gasteiger partial charge in [0.2, 0.25) is 0 Å². The molecule has 0 saturated carbocycles. The molecular formula is C20H14N4O3. The molecule has 0 unspecified atom stereocenters. The maximum atomic E-state index is 13.1. The van der Waals surface area contributed by atoms with E-state index in [9.17, 15) is 14.7 Å². The number of carbonyl (C=O) groups excluding carboxylic acids is 1. The number of pyridine rings is 3. The Morgan fingerprint density at radius 1 is 0.963 bits per heavy atom. The van der Waals surface area contributed by atoms with Gasteiger partial charge in [-0.3, -0.25) is 19.1 Å². The van der Waals surface area contributed by atoms with Gasteiger partial charge in [0.25, 0.3) is 11.5 Å². The molecule has 0 aliphatic rings. The third-order valence-corrected chi connectivity index (χ3v) is 4.09. The quantitative estimate of drug-likeness (QED) is 0.587. The Labute approximate surface area is 153 Å². The van der Waals surface area contributed by atoms with Crippen molar-refractivity contribution in [3.8, 4) is 11.4 Å². The maximum Gasteiger partial charge on any atom is 0.273 e. The summed E-state index contributed by atoms with van der Waals surface area (Å²) in [4.78, 5) is 34.0. The molecule has 0 bridgehead atoms. The fourth-order valence-corrected chi connectivity index (χ4v) is 2.85. The van der Waals surface area contributed by atoms with Crippen LogP contribution in [0.3, 0.4) is 0 Å². The normalized spacial score (nSPS) is 10.7. The first-order valence-electron chi connectivity index (χ1n) is 8.16. The summed E-state index contributed by atoms with van der Waals surface area (Å²) < 4.78 is 1.32. The standard InChI is InChI=1S/C20H14N4O3/c25-17-15-7-4-10-22-18(15)24(14-5-2-1-3-6-14)20(27)16(17)19(26)23-13-8-11-21-12-9-13/h1-12,25H,(H,21,23,26). The van der Waals surface area contributed by atoms with Crippen LogP contribution in [0.2, 0.25) is 0 Å². The molecule has 1 aromatic carbocycles. The summed E-state index contributed by atoms with van der Waals surface area (Å²) in [5.74, 6) is -1.11. The van der Waals surface area contributed by atoms with Crippen LogP contribution in [0, 0.1) is 0 Å². The highest BCUT2D eigenvalue weighted by atomic mass is 16.3. The molecule has 0 radical (unpaired) electrons. The smallest absolute Gasteiger partial charge is 0.273 e. The van der Waals surface area contributed by atoms with Gasteiger partial charge in [-0.25, -0.2) is 4.98 Å². The number of fused-ring (bicyclic) bond motifs is 1. The van der Waals surface area contributed by atoms with Gasteiger partial charge in [0.15, 0.2) is 5.65 Å². The van der Waals surface area contributed by atoms with E-state index in [4.69, 9.17) is 0 Å². The Kier molecular flexibility index (Phi) is 4.10. The summed E-state index contributed by atoms with van der Waals surface area (Å²) >= 11 is 0. The highest BCUT2D eigenvalue weighted by molar-refractivity contribution is 6.08. The molecule has 4 aromatic rings. The average molecular weight is 358 g/mol. The van der Waals surface area contributed by atoms with Gasteiger partial charge >= 0.3 is 0 Å². The summed E-state index contributed by atoms with van der Waals surface area (Å²) in [7, 11) is 0. The molecule has 2 N–H and O–H groups in total. The Morgan fingerprint density at radius 3 is 2.44 bits per heavy atom. The lowest BCUT2D eigenvalue weighted by atomic mass is 10.1. The number of amides is 1. The number of rotatable bonds is 3. The Hall–Kier alpha value is -4.00. The zero-order valence-electron chi connectivity index (χ0n) is 14.0. The number of aromatic hydroxyl groups is 1. The van der Waals surface area contributed by atoms with Crippen molar-refractivity contribution in [2.24, 2.45) is 0 Å². The van der Waals surface area contributed by atoms with Crippen LogP contribution in [-0.4, -0.2) is 25.5 Å². The Bertz CT molecular complexity index is 1190. The van der Waals surface area contributed by atoms with E-state index in [1.165, 1.54) is 23.2 Å². The van der Waals surface area contributed by atoms with Gasteiger partial charge in [-0.15, -0.1) is 0 Å². The molecule has 0 aliphatic heterocycles. The second kappa shape index (κ2) is 6.72. The third kappa shape index (κ3) is 2.91. The predicted octanol–water partition coefficient (Wildman–Crippen LogP) is 2.74. The van der Waals surface area contributed by atoms with Gasteiger partial charge in [-0.2, -0.15) is 0 Å². The number of hydrogen-bond donors (Lipinski definition) is 2. The molecule has 0 spiro atoms. The predicted molar refractivity (Wildman–Crippen MR) is 101 cm³/mol. The fraction of sp³-hybridized carbons (Fsp3) is 0. The van der Waals surface area contributed by atoms with Crippen molar-refractivity contribution in [2.75, 3.05) is 5.32 Å². The Morgan fingerprint density at radius 2 is 1.70 bits per heavy atom. The molecule has 0 atom stereocenters. The highest BCUT2D eigenvalue weighted by Gasteiger charge is 2.23. The zero-order chi connectivity index (χ0) is 18.8. The summed E-state index contributed by atoms with van der Waals surface area (Å²) in [6.07, 6.45) is 4.56. The number of anilines is 1. The van der Waals surface area contributed by atoms with Crippen molar-refractivity contribution >= 4 is 22.6 Å². The van der Waals surface area contributed by atoms with Gasteiger partial charge < -0.3 is 10.4 Å². The van der Waals surface area contributed by atoms with Gasteiger partial charge in [0.1, 0.15) is 11.3 Å². The summed E-state index contributed by atoms with van der Waals surface area (Å²) in [6.45, 7) is 0. The van der Waals surface area contributed by atoms with Gasteiger partial charge in [0.05, 0.1) is 11.1 Å². The van der Waals surface area contributed by atoms with Crippen LogP contribution in [0.25, 0.3) is 16.7 Å². The fourth-order valence-electron chi connectivity index (χ4n) is 2.85. The summed E-state index contributed by atoms with van der Waals surface area (Å²) in [5.41, 5.74) is 0.273. The largest absolute Gasteiger partial charge is 0.506 e. The number of hydrogen-bond acceptors (Lipinski definition) is 5. The number of nitrogens with zero attached hydrogens (tertiary/aromatic N) is 3. The van der Waals surface area contributed by atoms with Crippen LogP contribution in [0.1, 0.15) is 10.4 Å². The second-order valence-electron chi connectivity index (χ2n) is 5.76. The van der Waals surface area contributed by atoms with E-state index in [1.54, 1.807) is 48.5 Å². The Balaban J connectivity index is 1.96. The molecule has 1 amide bonds. The molecule has 7 nitrogen and oxygen atoms in total. The lowest BCUT2D eigenvalue weighted by molar-refractivity contribution is 0.102. The SMILES string of the molecule is O=C(Nc1ccncc1)c1c(O)c2cccnc2n(-c2ccccc2)c1=O. The highest BCUT2D eigenvalue weighted by Crippen LogP contribution is 2.27. The molecular weight excluding hydrogens is 344 g/mol. The van der Waals surface area contributed by atoms with Crippen LogP contribution in [-0.2, 0) is 0 Å². The summed E-state index contributed by atoms with van der Waals surface area (Å²) in [5, 5.41) is 13.5. The number of nitrogens with one attached hydrogen (secondary N) is 1. The summed E-state index contributed by atoms with van der Waals surface area (Å²) in [6, 6.07) is 15.3. The van der Waals surface area contributed by atoms with Crippen molar-refractivity contribution in [2.45, 2.75) is 0 Å². The van der Waals surface area contributed by atoms with Crippen molar-refractivity contribution < 1.29 is 9.90 Å². The number of aromatic nitrogens is 3. The first-order valence-corrected chi connectivity index (χ1v) is 8.16. The number of benzene rings is 1. The first kappa shape index (κ1) is 16.5. The number of carbonyl (C=O) groups is 1. The first-order chi connectivity index (χ1) is 13.2. The van der Waals surface area contributed by atoms with E-state index in [0.29, 0.717) is 16.8 Å². The molecule has 7 heteroatoms. The van der Waals surface area contributed by atoms with Gasteiger partial charge in [-0.05, 0) is 36.4 Å². The minimum atomic E-state index is -0.709. The van der Waals surface area contributed by atoms with Crippen molar-refractivity contribution in [1.29, 1.82) is 0 Å². The minimum Gasteiger partial charge on any atom is -0.506 e. The number of para-hydroxylation sites is 1. The molecule has 3 aromatic heterocycles. The minimum absolute atomic E-state index is 0.270. The molecule has 0 saturated heterocycles. The molecule has 0 aliphatic carbocycles. The second-order valence-corrected chi connectivity index (χ2v) is 5.76. The van der Waals surface area contributed by atoms with Crippen molar-refractivity contribution in [3.63, 3.8) is 0 Å². The van der Waals surface area contributed by atoms with Crippen LogP contribution in [0.15, 0.2) is 78.0 Å². The van der Waals surface area contributed by atoms with Crippen molar-refractivity contribution in [3.05, 3.63) is 89.1 Å². The van der Waals surface area contributed by atoms with E-state index >= 15 is 0 Å². The van der Waals surface area contributed by atoms with E-state index in [0.717, 1.165) is 0 Å². The van der Waals surface area contributed by atoms with E-state index < -0.39 is 17.2 Å². The monoisotopic (exact) mass is 358 g/mol. The van der Waals surface area contributed by atoms with Crippen LogP contribution in [0.5, 0.6) is 5.75 Å². The molecule has 3 heterocycles. The molecule has 27 heavy (non-hydrogen) atoms. The van der Waals surface area contributed by atoms with Crippen molar-refractivity contribution in [1.82, 2.24) is 14.5 Å². The lowest BCUT2D eigenvalue weighted by Gasteiger charge is -2.14. The van der Waals surface area contributed by atoms with Gasteiger partial charge in [-0.1, -0.05) is 18.2 Å². The third-order valence-electron chi connectivity index (χ3n) is 4.09. The topological polar surface area (TPSA) is 97.1 Å². The van der Waals surface area contributed by atoms with E-state index in [-0.39, 0.29) is 11.2 Å². The van der Waals surface area contributed by atoms with Crippen LogP contribution in [0.4, 0.5) is 5.69 Å². The molecule has 4 rings (SSSR count).